The van der Waals surface area contributed by atoms with E-state index in [1.165, 1.54) is 24.1 Å². The average molecular weight is 445 g/mol. The number of carbonyl (C=O) groups excluding carboxylic acids is 3. The molecular weight excluding hydrogens is 424 g/mol. The molecule has 0 saturated carbocycles. The molecule has 0 spiro atoms. The number of amides is 1. The quantitative estimate of drug-likeness (QED) is 0.209. The van der Waals surface area contributed by atoms with Gasteiger partial charge in [-0.2, -0.15) is 5.26 Å². The molecule has 0 fully saturated rings. The first-order valence-electron chi connectivity index (χ1n) is 8.86. The highest BCUT2D eigenvalue weighted by molar-refractivity contribution is 8.02. The smallest absolute Gasteiger partial charge is 0.341 e. The fourth-order valence-electron chi connectivity index (χ4n) is 2.47. The molecule has 156 valence electrons. The number of hydrogen-bond acceptors (Lipinski definition) is 8. The van der Waals surface area contributed by atoms with Gasteiger partial charge in [0.25, 0.3) is 5.91 Å². The number of ketones is 1. The molecule has 0 radical (unpaired) electrons. The summed E-state index contributed by atoms with van der Waals surface area (Å²) in [6.45, 7) is 4.82. The van der Waals surface area contributed by atoms with Crippen LogP contribution >= 0.6 is 23.1 Å². The van der Waals surface area contributed by atoms with Crippen LogP contribution in [0.5, 0.6) is 5.75 Å². The molecule has 9 heteroatoms. The van der Waals surface area contributed by atoms with Crippen LogP contribution in [-0.2, 0) is 9.53 Å². The van der Waals surface area contributed by atoms with E-state index in [1.807, 2.05) is 6.07 Å². The van der Waals surface area contributed by atoms with Gasteiger partial charge in [0.15, 0.2) is 5.78 Å². The van der Waals surface area contributed by atoms with Crippen molar-refractivity contribution in [2.75, 3.05) is 19.0 Å². The van der Waals surface area contributed by atoms with E-state index < -0.39 is 11.9 Å². The number of thiophene rings is 1. The minimum Gasteiger partial charge on any atom is -0.497 e. The molecule has 1 N–H and O–H groups in total. The van der Waals surface area contributed by atoms with Crippen molar-refractivity contribution in [2.45, 2.75) is 25.7 Å². The number of rotatable bonds is 8. The number of esters is 1. The Hall–Kier alpha value is -3.09. The van der Waals surface area contributed by atoms with Gasteiger partial charge in [-0.05, 0) is 56.0 Å². The standard InChI is InChI=1S/C21H20N2O5S2/c1-5-28-21(26)17-12(2)18(13(3)24)30-20(17)23-19(25)14(10-22)11-29-16-8-6-15(27-4)7-9-16/h6-9,11H,5H2,1-4H3,(H,23,25)/b14-11+. The number of benzene rings is 1. The van der Waals surface area contributed by atoms with Crippen LogP contribution < -0.4 is 10.1 Å². The van der Waals surface area contributed by atoms with Crippen LogP contribution in [0.25, 0.3) is 0 Å². The summed E-state index contributed by atoms with van der Waals surface area (Å²) in [7, 11) is 1.56. The van der Waals surface area contributed by atoms with Gasteiger partial charge in [-0.25, -0.2) is 4.79 Å². The van der Waals surface area contributed by atoms with Gasteiger partial charge in [-0.15, -0.1) is 11.3 Å². The molecule has 1 aromatic carbocycles. The zero-order chi connectivity index (χ0) is 22.3. The lowest BCUT2D eigenvalue weighted by atomic mass is 10.1. The molecule has 2 aromatic rings. The maximum Gasteiger partial charge on any atom is 0.341 e. The van der Waals surface area contributed by atoms with Crippen molar-refractivity contribution in [3.63, 3.8) is 0 Å². The van der Waals surface area contributed by atoms with Crippen molar-refractivity contribution in [3.8, 4) is 11.8 Å². The summed E-state index contributed by atoms with van der Waals surface area (Å²) in [6.07, 6.45) is 0. The average Bonchev–Trinajstić information content (AvgIpc) is 3.05. The van der Waals surface area contributed by atoms with E-state index in [1.54, 1.807) is 45.2 Å². The van der Waals surface area contributed by atoms with E-state index in [4.69, 9.17) is 9.47 Å². The van der Waals surface area contributed by atoms with E-state index in [0.717, 1.165) is 16.2 Å². The van der Waals surface area contributed by atoms with Gasteiger partial charge in [0.05, 0.1) is 24.2 Å². The van der Waals surface area contributed by atoms with E-state index in [0.29, 0.717) is 16.2 Å². The molecule has 1 amide bonds. The first-order chi connectivity index (χ1) is 14.3. The fourth-order valence-corrected chi connectivity index (χ4v) is 4.26. The lowest BCUT2D eigenvalue weighted by molar-refractivity contribution is -0.112. The number of nitrogens with zero attached hydrogens (tertiary/aromatic N) is 1. The van der Waals surface area contributed by atoms with Crippen LogP contribution in [0.15, 0.2) is 40.1 Å². The minimum atomic E-state index is -0.680. The van der Waals surface area contributed by atoms with Crippen LogP contribution in [0.4, 0.5) is 5.00 Å². The summed E-state index contributed by atoms with van der Waals surface area (Å²) < 4.78 is 10.1. The number of hydrogen-bond donors (Lipinski definition) is 1. The van der Waals surface area contributed by atoms with Crippen molar-refractivity contribution in [1.29, 1.82) is 5.26 Å². The van der Waals surface area contributed by atoms with Gasteiger partial charge in [0, 0.05) is 4.90 Å². The summed E-state index contributed by atoms with van der Waals surface area (Å²) >= 11 is 2.18. The Bertz CT molecular complexity index is 1030. The van der Waals surface area contributed by atoms with Crippen LogP contribution in [0, 0.1) is 18.3 Å². The molecule has 0 unspecified atom stereocenters. The second-order valence-corrected chi connectivity index (χ2v) is 7.89. The topological polar surface area (TPSA) is 105 Å². The Balaban J connectivity index is 2.27. The molecule has 7 nitrogen and oxygen atoms in total. The fraction of sp³-hybridized carbons (Fsp3) is 0.238. The Morgan fingerprint density at radius 3 is 2.47 bits per heavy atom. The third-order valence-electron chi connectivity index (χ3n) is 3.91. The lowest BCUT2D eigenvalue weighted by Gasteiger charge is -2.06. The summed E-state index contributed by atoms with van der Waals surface area (Å²) in [5.41, 5.74) is 0.429. The van der Waals surface area contributed by atoms with Gasteiger partial charge < -0.3 is 14.8 Å². The molecular formula is C21H20N2O5S2. The lowest BCUT2D eigenvalue weighted by Crippen LogP contribution is -2.16. The third-order valence-corrected chi connectivity index (χ3v) is 6.12. The molecule has 0 atom stereocenters. The maximum atomic E-state index is 12.6. The van der Waals surface area contributed by atoms with Crippen LogP contribution in [0.3, 0.4) is 0 Å². The Morgan fingerprint density at radius 1 is 1.27 bits per heavy atom. The molecule has 0 bridgehead atoms. The number of ether oxygens (including phenoxy) is 2. The Kier molecular flexibility index (Phi) is 8.21. The SMILES string of the molecule is CCOC(=O)c1c(NC(=O)/C(C#N)=C/Sc2ccc(OC)cc2)sc(C(C)=O)c1C. The summed E-state index contributed by atoms with van der Waals surface area (Å²) in [5, 5.41) is 13.6. The van der Waals surface area contributed by atoms with Crippen molar-refractivity contribution in [2.24, 2.45) is 0 Å². The van der Waals surface area contributed by atoms with Crippen LogP contribution in [-0.4, -0.2) is 31.4 Å². The van der Waals surface area contributed by atoms with Crippen molar-refractivity contribution in [3.05, 3.63) is 51.3 Å². The number of carbonyl (C=O) groups is 3. The number of nitrogens with one attached hydrogen (secondary N) is 1. The molecule has 1 aromatic heterocycles. The van der Waals surface area contributed by atoms with Gasteiger partial charge in [0.2, 0.25) is 0 Å². The van der Waals surface area contributed by atoms with Crippen molar-refractivity contribution < 1.29 is 23.9 Å². The van der Waals surface area contributed by atoms with Crippen molar-refractivity contribution >= 4 is 45.8 Å². The molecule has 0 aliphatic carbocycles. The number of thioether (sulfide) groups is 1. The maximum absolute atomic E-state index is 12.6. The van der Waals surface area contributed by atoms with Crippen LogP contribution in [0.1, 0.15) is 39.4 Å². The highest BCUT2D eigenvalue weighted by atomic mass is 32.2. The highest BCUT2D eigenvalue weighted by Gasteiger charge is 2.26. The van der Waals surface area contributed by atoms with Gasteiger partial charge in [-0.1, -0.05) is 11.8 Å². The van der Waals surface area contributed by atoms with Crippen LogP contribution in [0.2, 0.25) is 0 Å². The zero-order valence-corrected chi connectivity index (χ0v) is 18.5. The molecule has 30 heavy (non-hydrogen) atoms. The zero-order valence-electron chi connectivity index (χ0n) is 16.9. The van der Waals surface area contributed by atoms with Gasteiger partial charge in [0.1, 0.15) is 22.4 Å². The Morgan fingerprint density at radius 2 is 1.93 bits per heavy atom. The second kappa shape index (κ2) is 10.6. The number of Topliss-reactive ketones (excluding diaryl/α,β-unsaturated/α-hetero) is 1. The Labute approximate surface area is 182 Å². The third kappa shape index (κ3) is 5.49. The number of methoxy groups -OCH3 is 1. The number of anilines is 1. The largest absolute Gasteiger partial charge is 0.497 e. The predicted octanol–water partition coefficient (Wildman–Crippen LogP) is 4.58. The predicted molar refractivity (Wildman–Crippen MR) is 116 cm³/mol. The first-order valence-corrected chi connectivity index (χ1v) is 10.6. The normalized spacial score (nSPS) is 10.8. The van der Waals surface area contributed by atoms with Crippen molar-refractivity contribution in [1.82, 2.24) is 0 Å². The summed E-state index contributed by atoms with van der Waals surface area (Å²) in [4.78, 5) is 38.0. The van der Waals surface area contributed by atoms with E-state index in [9.17, 15) is 19.6 Å². The molecule has 2 rings (SSSR count). The monoisotopic (exact) mass is 444 g/mol. The summed E-state index contributed by atoms with van der Waals surface area (Å²) in [5.74, 6) is -0.846. The first kappa shape index (κ1) is 23.2. The van der Waals surface area contributed by atoms with E-state index >= 15 is 0 Å². The highest BCUT2D eigenvalue weighted by Crippen LogP contribution is 2.34. The molecule has 0 aliphatic heterocycles. The molecule has 0 aliphatic rings. The van der Waals surface area contributed by atoms with Gasteiger partial charge in [-0.3, -0.25) is 9.59 Å². The van der Waals surface area contributed by atoms with E-state index in [2.05, 4.69) is 5.32 Å². The number of nitriles is 1. The minimum absolute atomic E-state index is 0.125. The van der Waals surface area contributed by atoms with Gasteiger partial charge >= 0.3 is 5.97 Å². The van der Waals surface area contributed by atoms with E-state index in [-0.39, 0.29) is 28.5 Å². The molecule has 0 saturated heterocycles. The second-order valence-electron chi connectivity index (χ2n) is 5.93. The summed E-state index contributed by atoms with van der Waals surface area (Å²) in [6, 6.07) is 9.00. The molecule has 1 heterocycles.